The minimum atomic E-state index is -0.976. The number of carbonyl (C=O) groups is 2. The van der Waals surface area contributed by atoms with Crippen LogP contribution in [0.4, 0.5) is 0 Å². The van der Waals surface area contributed by atoms with Gasteiger partial charge in [0, 0.05) is 0 Å². The van der Waals surface area contributed by atoms with E-state index in [9.17, 15) is 9.59 Å². The van der Waals surface area contributed by atoms with Crippen molar-refractivity contribution in [2.75, 3.05) is 0 Å². The van der Waals surface area contributed by atoms with E-state index in [1.165, 1.54) is 0 Å². The lowest BCUT2D eigenvalue weighted by molar-refractivity contribution is -0.160. The standard InChI is InChI=1S/C10H12O4/c11-9(12)7-5-1-2-6(4-3-5)8(7)10(13)14/h1-2,5-8H,3-4H2,(H,11,12)(H,13,14)/t5?,6?,7-,8-/m1/s1. The molecule has 4 nitrogen and oxygen atoms in total. The Morgan fingerprint density at radius 3 is 1.50 bits per heavy atom. The van der Waals surface area contributed by atoms with Crippen LogP contribution in [0, 0.1) is 23.7 Å². The molecule has 1 saturated carbocycles. The van der Waals surface area contributed by atoms with Gasteiger partial charge in [-0.15, -0.1) is 0 Å². The van der Waals surface area contributed by atoms with Gasteiger partial charge in [0.1, 0.15) is 0 Å². The highest BCUT2D eigenvalue weighted by Crippen LogP contribution is 2.44. The fraction of sp³-hybridized carbons (Fsp3) is 0.600. The van der Waals surface area contributed by atoms with Gasteiger partial charge in [0.2, 0.25) is 0 Å². The quantitative estimate of drug-likeness (QED) is 0.646. The molecular weight excluding hydrogens is 184 g/mol. The van der Waals surface area contributed by atoms with Crippen LogP contribution in [0.25, 0.3) is 0 Å². The zero-order chi connectivity index (χ0) is 10.3. The third-order valence-electron chi connectivity index (χ3n) is 3.32. The molecule has 2 unspecified atom stereocenters. The summed E-state index contributed by atoms with van der Waals surface area (Å²) in [6.07, 6.45) is 5.35. The number of fused-ring (bicyclic) bond motifs is 2. The molecule has 0 aromatic rings. The Balaban J connectivity index is 2.33. The summed E-state index contributed by atoms with van der Waals surface area (Å²) in [6.45, 7) is 0. The SMILES string of the molecule is O=C(O)[C@@H]1C2C=CC(CC2)[C@H]1C(=O)O. The Bertz CT molecular complexity index is 277. The van der Waals surface area contributed by atoms with Gasteiger partial charge >= 0.3 is 11.9 Å². The van der Waals surface area contributed by atoms with E-state index in [1.54, 1.807) is 0 Å². The van der Waals surface area contributed by atoms with E-state index < -0.39 is 23.8 Å². The van der Waals surface area contributed by atoms with Crippen LogP contribution in [0.15, 0.2) is 12.2 Å². The van der Waals surface area contributed by atoms with Crippen molar-refractivity contribution >= 4 is 11.9 Å². The molecule has 0 amide bonds. The third-order valence-corrected chi connectivity index (χ3v) is 3.32. The van der Waals surface area contributed by atoms with Crippen molar-refractivity contribution in [3.05, 3.63) is 12.2 Å². The third kappa shape index (κ3) is 1.22. The number of hydrogen-bond acceptors (Lipinski definition) is 2. The van der Waals surface area contributed by atoms with Gasteiger partial charge in [0.15, 0.2) is 0 Å². The highest BCUT2D eigenvalue weighted by molar-refractivity contribution is 5.81. The van der Waals surface area contributed by atoms with E-state index in [4.69, 9.17) is 10.2 Å². The van der Waals surface area contributed by atoms with Gasteiger partial charge in [-0.3, -0.25) is 9.59 Å². The molecule has 0 saturated heterocycles. The maximum Gasteiger partial charge on any atom is 0.307 e. The summed E-state index contributed by atoms with van der Waals surface area (Å²) in [4.78, 5) is 21.9. The van der Waals surface area contributed by atoms with Gasteiger partial charge in [-0.25, -0.2) is 0 Å². The van der Waals surface area contributed by atoms with Gasteiger partial charge in [0.05, 0.1) is 11.8 Å². The Morgan fingerprint density at radius 2 is 1.29 bits per heavy atom. The molecule has 3 rings (SSSR count). The smallest absolute Gasteiger partial charge is 0.307 e. The Kier molecular flexibility index (Phi) is 2.06. The summed E-state index contributed by atoms with van der Waals surface area (Å²) in [7, 11) is 0. The van der Waals surface area contributed by atoms with E-state index >= 15 is 0 Å². The average Bonchev–Trinajstić information content (AvgIpc) is 2.17. The molecule has 1 fully saturated rings. The highest BCUT2D eigenvalue weighted by Gasteiger charge is 2.48. The van der Waals surface area contributed by atoms with Gasteiger partial charge in [-0.2, -0.15) is 0 Å². The lowest BCUT2D eigenvalue weighted by atomic mass is 9.62. The zero-order valence-electron chi connectivity index (χ0n) is 7.59. The lowest BCUT2D eigenvalue weighted by Crippen LogP contribution is -2.45. The number of aliphatic carboxylic acids is 2. The molecule has 3 aliphatic carbocycles. The van der Waals surface area contributed by atoms with Crippen LogP contribution >= 0.6 is 0 Å². The second-order valence-corrected chi connectivity index (χ2v) is 4.02. The molecule has 0 spiro atoms. The fourth-order valence-corrected chi connectivity index (χ4v) is 2.67. The van der Waals surface area contributed by atoms with Crippen molar-refractivity contribution in [1.82, 2.24) is 0 Å². The largest absolute Gasteiger partial charge is 0.481 e. The van der Waals surface area contributed by atoms with Gasteiger partial charge in [-0.05, 0) is 24.7 Å². The van der Waals surface area contributed by atoms with Crippen molar-refractivity contribution in [3.8, 4) is 0 Å². The molecule has 2 bridgehead atoms. The average molecular weight is 196 g/mol. The fourth-order valence-electron chi connectivity index (χ4n) is 2.67. The van der Waals surface area contributed by atoms with Crippen LogP contribution in [0.2, 0.25) is 0 Å². The van der Waals surface area contributed by atoms with Gasteiger partial charge < -0.3 is 10.2 Å². The molecular formula is C10H12O4. The molecule has 0 heterocycles. The van der Waals surface area contributed by atoms with Crippen LogP contribution in [-0.2, 0) is 9.59 Å². The maximum absolute atomic E-state index is 11.0. The first-order valence-electron chi connectivity index (χ1n) is 4.75. The van der Waals surface area contributed by atoms with Crippen molar-refractivity contribution in [2.24, 2.45) is 23.7 Å². The van der Waals surface area contributed by atoms with Crippen molar-refractivity contribution in [3.63, 3.8) is 0 Å². The van der Waals surface area contributed by atoms with E-state index in [1.807, 2.05) is 12.2 Å². The summed E-state index contributed by atoms with van der Waals surface area (Å²) >= 11 is 0. The second kappa shape index (κ2) is 3.12. The molecule has 2 N–H and O–H groups in total. The van der Waals surface area contributed by atoms with E-state index in [0.717, 1.165) is 12.8 Å². The first-order chi connectivity index (χ1) is 6.61. The lowest BCUT2D eigenvalue weighted by Gasteiger charge is -2.40. The molecule has 3 aliphatic rings. The zero-order valence-corrected chi connectivity index (χ0v) is 7.59. The van der Waals surface area contributed by atoms with Crippen LogP contribution in [0.1, 0.15) is 12.8 Å². The van der Waals surface area contributed by atoms with Crippen LogP contribution in [0.3, 0.4) is 0 Å². The molecule has 0 radical (unpaired) electrons. The summed E-state index contributed by atoms with van der Waals surface area (Å²) in [6, 6.07) is 0. The first-order valence-corrected chi connectivity index (χ1v) is 4.75. The van der Waals surface area contributed by atoms with Crippen LogP contribution < -0.4 is 0 Å². The molecule has 0 aromatic heterocycles. The molecule has 4 heteroatoms. The number of hydrogen-bond donors (Lipinski definition) is 2. The number of allylic oxidation sites excluding steroid dienone is 2. The first kappa shape index (κ1) is 9.24. The van der Waals surface area contributed by atoms with Crippen molar-refractivity contribution in [2.45, 2.75) is 12.8 Å². The molecule has 4 atom stereocenters. The van der Waals surface area contributed by atoms with Crippen molar-refractivity contribution in [1.29, 1.82) is 0 Å². The summed E-state index contributed by atoms with van der Waals surface area (Å²) in [5.41, 5.74) is 0. The Labute approximate surface area is 81.2 Å². The van der Waals surface area contributed by atoms with Crippen LogP contribution in [-0.4, -0.2) is 22.2 Å². The van der Waals surface area contributed by atoms with Crippen LogP contribution in [0.5, 0.6) is 0 Å². The van der Waals surface area contributed by atoms with E-state index in [-0.39, 0.29) is 11.8 Å². The summed E-state index contributed by atoms with van der Waals surface area (Å²) in [5, 5.41) is 18.0. The van der Waals surface area contributed by atoms with Crippen molar-refractivity contribution < 1.29 is 19.8 Å². The number of carboxylic acids is 2. The minimum absolute atomic E-state index is 0.0846. The molecule has 76 valence electrons. The monoisotopic (exact) mass is 196 g/mol. The summed E-state index contributed by atoms with van der Waals surface area (Å²) < 4.78 is 0. The van der Waals surface area contributed by atoms with Gasteiger partial charge in [-0.1, -0.05) is 12.2 Å². The van der Waals surface area contributed by atoms with Gasteiger partial charge in [0.25, 0.3) is 0 Å². The minimum Gasteiger partial charge on any atom is -0.481 e. The van der Waals surface area contributed by atoms with E-state index in [0.29, 0.717) is 0 Å². The molecule has 0 aromatic carbocycles. The number of rotatable bonds is 2. The second-order valence-electron chi connectivity index (χ2n) is 4.02. The molecule has 14 heavy (non-hydrogen) atoms. The number of carboxylic acid groups (broad SMARTS) is 2. The predicted octanol–water partition coefficient (Wildman–Crippen LogP) is 0.984. The topological polar surface area (TPSA) is 74.6 Å². The Hall–Kier alpha value is -1.32. The predicted molar refractivity (Wildman–Crippen MR) is 47.6 cm³/mol. The molecule has 0 aliphatic heterocycles. The highest BCUT2D eigenvalue weighted by atomic mass is 16.4. The summed E-state index contributed by atoms with van der Waals surface area (Å²) in [5.74, 6) is -3.57. The van der Waals surface area contributed by atoms with E-state index in [2.05, 4.69) is 0 Å². The Morgan fingerprint density at radius 1 is 0.929 bits per heavy atom. The normalized spacial score (nSPS) is 39.7. The maximum atomic E-state index is 11.0.